The Morgan fingerprint density at radius 2 is 1.27 bits per heavy atom. The maximum Gasteiger partial charge on any atom is 2.00 e. The van der Waals surface area contributed by atoms with Crippen LogP contribution >= 0.6 is 0 Å². The zero-order valence-corrected chi connectivity index (χ0v) is 7.86. The average molecular weight is 303 g/mol. The predicted molar refractivity (Wildman–Crippen MR) is 43.1 cm³/mol. The first-order valence-electron chi connectivity index (χ1n) is 3.43. The van der Waals surface area contributed by atoms with Crippen molar-refractivity contribution in [2.45, 2.75) is 12.8 Å². The minimum atomic E-state index is 0. The van der Waals surface area contributed by atoms with Crippen LogP contribution in [0.2, 0.25) is 0 Å². The maximum absolute atomic E-state index is 2.99. The molecule has 0 amide bonds. The van der Waals surface area contributed by atoms with Crippen molar-refractivity contribution in [2.75, 3.05) is 0 Å². The van der Waals surface area contributed by atoms with Crippen molar-refractivity contribution in [1.29, 1.82) is 0 Å². The first-order valence-corrected chi connectivity index (χ1v) is 3.43. The minimum absolute atomic E-state index is 0. The molecule has 0 atom stereocenters. The summed E-state index contributed by atoms with van der Waals surface area (Å²) in [5, 5.41) is 0. The summed E-state index contributed by atoms with van der Waals surface area (Å²) in [5.74, 6) is 0. The molecule has 0 radical (unpaired) electrons. The molecular formula is C10H10Yb. The van der Waals surface area contributed by atoms with Gasteiger partial charge in [-0.3, -0.25) is 12.2 Å². The Kier molecular flexibility index (Phi) is 8.95. The standard InChI is InChI=1S/2C5H5.Yb/c2*1-2-4-5-3-1;/h2*1-3H,4H2;/q2*-1;+2. The fourth-order valence-corrected chi connectivity index (χ4v) is 0.680. The molecule has 2 rings (SSSR count). The molecule has 0 aromatic carbocycles. The summed E-state index contributed by atoms with van der Waals surface area (Å²) in [7, 11) is 0. The average Bonchev–Trinajstić information content (AvgIpc) is 2.67. The van der Waals surface area contributed by atoms with E-state index in [4.69, 9.17) is 0 Å². The van der Waals surface area contributed by atoms with Gasteiger partial charge < -0.3 is 0 Å². The zero-order chi connectivity index (χ0) is 7.07. The smallest absolute Gasteiger partial charge is 0.273 e. The first-order chi connectivity index (χ1) is 5.00. The molecule has 0 saturated heterocycles. The summed E-state index contributed by atoms with van der Waals surface area (Å²) < 4.78 is 0. The van der Waals surface area contributed by atoms with Crippen molar-refractivity contribution in [2.24, 2.45) is 0 Å². The van der Waals surface area contributed by atoms with E-state index in [1.165, 1.54) is 0 Å². The van der Waals surface area contributed by atoms with Crippen LogP contribution in [0.1, 0.15) is 12.8 Å². The van der Waals surface area contributed by atoms with Crippen LogP contribution in [0.5, 0.6) is 0 Å². The second kappa shape index (κ2) is 8.57. The van der Waals surface area contributed by atoms with Crippen LogP contribution in [0.3, 0.4) is 0 Å². The molecule has 1 heteroatoms. The quantitative estimate of drug-likeness (QED) is 0.604. The molecule has 2 aliphatic carbocycles. The van der Waals surface area contributed by atoms with Crippen LogP contribution in [0, 0.1) is 59.1 Å². The van der Waals surface area contributed by atoms with Gasteiger partial charge in [0.15, 0.2) is 0 Å². The van der Waals surface area contributed by atoms with Crippen LogP contribution in [0.25, 0.3) is 0 Å². The summed E-state index contributed by atoms with van der Waals surface area (Å²) in [6, 6.07) is 0. The van der Waals surface area contributed by atoms with Crippen LogP contribution in [-0.4, -0.2) is 0 Å². The predicted octanol–water partition coefficient (Wildman–Crippen LogP) is 2.61. The molecule has 0 heterocycles. The topological polar surface area (TPSA) is 0 Å². The monoisotopic (exact) mass is 304 g/mol. The normalized spacial score (nSPS) is 16.0. The molecule has 0 spiro atoms. The van der Waals surface area contributed by atoms with E-state index in [1.54, 1.807) is 0 Å². The van der Waals surface area contributed by atoms with Gasteiger partial charge in [-0.15, -0.1) is 12.8 Å². The largest absolute Gasteiger partial charge is 2.00 e. The van der Waals surface area contributed by atoms with Crippen LogP contribution in [0.15, 0.2) is 36.5 Å². The van der Waals surface area contributed by atoms with E-state index >= 15 is 0 Å². The zero-order valence-electron chi connectivity index (χ0n) is 6.15. The van der Waals surface area contributed by atoms with Gasteiger partial charge in [-0.2, -0.15) is 12.2 Å². The molecule has 0 fully saturated rings. The second-order valence-corrected chi connectivity index (χ2v) is 2.01. The molecular weight excluding hydrogens is 293 g/mol. The number of hydrogen-bond donors (Lipinski definition) is 0. The SMILES string of the molecule is [C-]1=CC=CC1.[C-]1=CC=CC1.[Yb+2]. The van der Waals surface area contributed by atoms with Crippen molar-refractivity contribution in [1.82, 2.24) is 0 Å². The number of rotatable bonds is 0. The fourth-order valence-electron chi connectivity index (χ4n) is 0.680. The molecule has 0 saturated carbocycles. The van der Waals surface area contributed by atoms with Gasteiger partial charge in [-0.25, -0.2) is 24.3 Å². The Balaban J connectivity index is 0.000000167. The third kappa shape index (κ3) is 6.86. The van der Waals surface area contributed by atoms with Crippen LogP contribution in [-0.2, 0) is 0 Å². The fraction of sp³-hybridized carbons (Fsp3) is 0.200. The number of allylic oxidation sites excluding steroid dienone is 8. The van der Waals surface area contributed by atoms with E-state index in [1.807, 2.05) is 24.3 Å². The van der Waals surface area contributed by atoms with E-state index in [2.05, 4.69) is 24.3 Å². The molecule has 0 aromatic rings. The van der Waals surface area contributed by atoms with E-state index in [-0.39, 0.29) is 46.9 Å². The second-order valence-electron chi connectivity index (χ2n) is 2.01. The van der Waals surface area contributed by atoms with Gasteiger partial charge in [0.25, 0.3) is 0 Å². The Labute approximate surface area is 107 Å². The van der Waals surface area contributed by atoms with Crippen LogP contribution < -0.4 is 0 Å². The molecule has 0 aromatic heterocycles. The number of hydrogen-bond acceptors (Lipinski definition) is 0. The third-order valence-corrected chi connectivity index (χ3v) is 1.17. The summed E-state index contributed by atoms with van der Waals surface area (Å²) in [6.07, 6.45) is 20.0. The van der Waals surface area contributed by atoms with Crippen LogP contribution in [0.4, 0.5) is 0 Å². The Hall–Kier alpha value is 0.479. The van der Waals surface area contributed by atoms with E-state index in [0.29, 0.717) is 0 Å². The van der Waals surface area contributed by atoms with Gasteiger partial charge in [0.05, 0.1) is 0 Å². The molecule has 0 bridgehead atoms. The summed E-state index contributed by atoms with van der Waals surface area (Å²) in [5.41, 5.74) is 0. The van der Waals surface area contributed by atoms with Gasteiger partial charge in [-0.1, -0.05) is 0 Å². The van der Waals surface area contributed by atoms with Crippen molar-refractivity contribution < 1.29 is 46.9 Å². The Morgan fingerprint density at radius 1 is 0.818 bits per heavy atom. The van der Waals surface area contributed by atoms with Crippen molar-refractivity contribution >= 4 is 0 Å². The maximum atomic E-state index is 2.99. The van der Waals surface area contributed by atoms with Crippen molar-refractivity contribution in [3.05, 3.63) is 48.6 Å². The van der Waals surface area contributed by atoms with Gasteiger partial charge in [-0.05, 0) is 0 Å². The van der Waals surface area contributed by atoms with E-state index < -0.39 is 0 Å². The Morgan fingerprint density at radius 3 is 1.36 bits per heavy atom. The summed E-state index contributed by atoms with van der Waals surface area (Å²) in [6.45, 7) is 0. The molecule has 2 aliphatic rings. The van der Waals surface area contributed by atoms with Gasteiger partial charge in [0.2, 0.25) is 0 Å². The van der Waals surface area contributed by atoms with Gasteiger partial charge in [0, 0.05) is 0 Å². The molecule has 0 N–H and O–H groups in total. The molecule has 64 valence electrons. The Bertz CT molecular complexity index is 143. The molecule has 0 unspecified atom stereocenters. The summed E-state index contributed by atoms with van der Waals surface area (Å²) in [4.78, 5) is 0. The van der Waals surface area contributed by atoms with E-state index in [0.717, 1.165) is 12.8 Å². The van der Waals surface area contributed by atoms with Crippen molar-refractivity contribution in [3.8, 4) is 0 Å². The van der Waals surface area contributed by atoms with Gasteiger partial charge >= 0.3 is 46.9 Å². The molecule has 11 heavy (non-hydrogen) atoms. The summed E-state index contributed by atoms with van der Waals surface area (Å²) >= 11 is 0. The first kappa shape index (κ1) is 11.5. The molecule has 0 nitrogen and oxygen atoms in total. The minimum Gasteiger partial charge on any atom is -0.273 e. The van der Waals surface area contributed by atoms with Gasteiger partial charge in [0.1, 0.15) is 0 Å². The van der Waals surface area contributed by atoms with E-state index in [9.17, 15) is 0 Å². The molecule has 0 aliphatic heterocycles. The van der Waals surface area contributed by atoms with Crippen molar-refractivity contribution in [3.63, 3.8) is 0 Å². The third-order valence-electron chi connectivity index (χ3n) is 1.17.